The summed E-state index contributed by atoms with van der Waals surface area (Å²) in [5.74, 6) is 1.70. The lowest BCUT2D eigenvalue weighted by Crippen LogP contribution is -2.31. The number of rotatable bonds is 7. The van der Waals surface area contributed by atoms with Crippen molar-refractivity contribution in [1.29, 1.82) is 0 Å². The SMILES string of the molecule is C=C(C)c1cccc(/C=C2\CC3=CC(C)C(C(=C)CCC)C(c4ccc(CC)cc4)C3C2=C)c1. The Balaban J connectivity index is 1.76. The maximum atomic E-state index is 4.69. The smallest absolute Gasteiger partial charge is 0.0123 e. The molecule has 0 aliphatic heterocycles. The summed E-state index contributed by atoms with van der Waals surface area (Å²) in [5, 5.41) is 0. The van der Waals surface area contributed by atoms with Crippen molar-refractivity contribution in [3.63, 3.8) is 0 Å². The fourth-order valence-electron chi connectivity index (χ4n) is 6.18. The molecule has 0 aromatic heterocycles. The van der Waals surface area contributed by atoms with E-state index in [0.717, 1.165) is 31.3 Å². The predicted molar refractivity (Wildman–Crippen MR) is 150 cm³/mol. The molecule has 1 fully saturated rings. The molecule has 0 heteroatoms. The van der Waals surface area contributed by atoms with Gasteiger partial charge in [0.25, 0.3) is 0 Å². The lowest BCUT2D eigenvalue weighted by Gasteiger charge is -2.41. The van der Waals surface area contributed by atoms with E-state index in [-0.39, 0.29) is 0 Å². The van der Waals surface area contributed by atoms with Crippen LogP contribution in [0.5, 0.6) is 0 Å². The molecule has 0 nitrogen and oxygen atoms in total. The van der Waals surface area contributed by atoms with Crippen molar-refractivity contribution >= 4 is 11.6 Å². The zero-order chi connectivity index (χ0) is 24.4. The summed E-state index contributed by atoms with van der Waals surface area (Å²) in [6, 6.07) is 18.1. The Morgan fingerprint density at radius 1 is 1.06 bits per heavy atom. The molecule has 2 aliphatic rings. The van der Waals surface area contributed by atoms with Gasteiger partial charge in [0.1, 0.15) is 0 Å². The minimum atomic E-state index is 0.359. The molecule has 1 saturated carbocycles. The third kappa shape index (κ3) is 4.69. The molecule has 2 aliphatic carbocycles. The second-order valence-corrected chi connectivity index (χ2v) is 10.4. The zero-order valence-corrected chi connectivity index (χ0v) is 21.5. The van der Waals surface area contributed by atoms with Gasteiger partial charge in [0, 0.05) is 11.8 Å². The Hall–Kier alpha value is -2.86. The van der Waals surface area contributed by atoms with Crippen LogP contribution < -0.4 is 0 Å². The van der Waals surface area contributed by atoms with Crippen molar-refractivity contribution in [2.75, 3.05) is 0 Å². The Morgan fingerprint density at radius 2 is 1.79 bits per heavy atom. The average molecular weight is 449 g/mol. The molecule has 34 heavy (non-hydrogen) atoms. The van der Waals surface area contributed by atoms with Gasteiger partial charge in [-0.3, -0.25) is 0 Å². The third-order valence-electron chi connectivity index (χ3n) is 7.91. The first kappa shape index (κ1) is 24.3. The van der Waals surface area contributed by atoms with Crippen LogP contribution in [0.4, 0.5) is 0 Å². The van der Waals surface area contributed by atoms with Crippen LogP contribution in [-0.2, 0) is 6.42 Å². The maximum absolute atomic E-state index is 4.69. The van der Waals surface area contributed by atoms with Crippen LogP contribution in [0.3, 0.4) is 0 Å². The number of benzene rings is 2. The normalized spacial score (nSPS) is 25.2. The topological polar surface area (TPSA) is 0 Å². The highest BCUT2D eigenvalue weighted by Gasteiger charge is 2.45. The maximum Gasteiger partial charge on any atom is 0.0123 e. The molecule has 4 unspecified atom stereocenters. The molecule has 0 saturated heterocycles. The van der Waals surface area contributed by atoms with Crippen LogP contribution >= 0.6 is 0 Å². The number of aryl methyl sites for hydroxylation is 1. The summed E-state index contributed by atoms with van der Waals surface area (Å²) in [4.78, 5) is 0. The minimum Gasteiger partial charge on any atom is -0.0995 e. The van der Waals surface area contributed by atoms with Gasteiger partial charge in [-0.05, 0) is 77.5 Å². The standard InChI is InChI=1S/C34H40/c1-8-11-23(5)32-24(6)18-31-21-30(20-27-12-10-13-29(19-27)22(3)4)25(7)33(31)34(32)28-16-14-26(9-2)15-17-28/h10,12-20,24,32-34H,3,5,7-9,11,21H2,1-2,4,6H3/b30-20+. The largest absolute Gasteiger partial charge is 0.0995 e. The van der Waals surface area contributed by atoms with Gasteiger partial charge in [-0.1, -0.05) is 118 Å². The van der Waals surface area contributed by atoms with Crippen LogP contribution in [0.1, 0.15) is 75.1 Å². The van der Waals surface area contributed by atoms with Gasteiger partial charge < -0.3 is 0 Å². The molecule has 2 aromatic carbocycles. The molecule has 2 aromatic rings. The van der Waals surface area contributed by atoms with Crippen LogP contribution in [0, 0.1) is 17.8 Å². The Bertz CT molecular complexity index is 1150. The molecule has 0 amide bonds. The molecule has 0 bridgehead atoms. The Kier molecular flexibility index (Phi) is 7.27. The van der Waals surface area contributed by atoms with Crippen molar-refractivity contribution in [2.45, 2.75) is 59.3 Å². The van der Waals surface area contributed by atoms with Gasteiger partial charge in [-0.15, -0.1) is 0 Å². The monoisotopic (exact) mass is 448 g/mol. The molecular formula is C34H40. The number of hydrogen-bond acceptors (Lipinski definition) is 0. The van der Waals surface area contributed by atoms with Crippen molar-refractivity contribution in [1.82, 2.24) is 0 Å². The van der Waals surface area contributed by atoms with E-state index in [1.807, 2.05) is 0 Å². The van der Waals surface area contributed by atoms with Crippen LogP contribution in [0.15, 0.2) is 96.6 Å². The summed E-state index contributed by atoms with van der Waals surface area (Å²) in [6.45, 7) is 22.4. The van der Waals surface area contributed by atoms with E-state index in [4.69, 9.17) is 6.58 Å². The Labute approximate surface area is 207 Å². The predicted octanol–water partition coefficient (Wildman–Crippen LogP) is 9.57. The third-order valence-corrected chi connectivity index (χ3v) is 7.91. The fourth-order valence-corrected chi connectivity index (χ4v) is 6.18. The quantitative estimate of drug-likeness (QED) is 0.370. The lowest BCUT2D eigenvalue weighted by atomic mass is 9.62. The summed E-state index contributed by atoms with van der Waals surface area (Å²) in [7, 11) is 0. The number of fused-ring (bicyclic) bond motifs is 1. The highest BCUT2D eigenvalue weighted by atomic mass is 14.5. The summed E-state index contributed by atoms with van der Waals surface area (Å²) in [6.07, 6.45) is 9.22. The second kappa shape index (κ2) is 10.2. The second-order valence-electron chi connectivity index (χ2n) is 10.4. The van der Waals surface area contributed by atoms with Gasteiger partial charge in [0.15, 0.2) is 0 Å². The first-order valence-corrected chi connectivity index (χ1v) is 13.0. The summed E-state index contributed by atoms with van der Waals surface area (Å²) >= 11 is 0. The van der Waals surface area contributed by atoms with Crippen molar-refractivity contribution in [2.24, 2.45) is 17.8 Å². The van der Waals surface area contributed by atoms with Crippen LogP contribution in [-0.4, -0.2) is 0 Å². The van der Waals surface area contributed by atoms with Crippen molar-refractivity contribution < 1.29 is 0 Å². The number of allylic oxidation sites excluding steroid dienone is 6. The molecule has 176 valence electrons. The van der Waals surface area contributed by atoms with Crippen LogP contribution in [0.2, 0.25) is 0 Å². The molecule has 0 N–H and O–H groups in total. The van der Waals surface area contributed by atoms with Gasteiger partial charge in [-0.2, -0.15) is 0 Å². The van der Waals surface area contributed by atoms with Gasteiger partial charge >= 0.3 is 0 Å². The molecule has 0 radical (unpaired) electrons. The van der Waals surface area contributed by atoms with E-state index in [0.29, 0.717) is 23.7 Å². The van der Waals surface area contributed by atoms with Crippen molar-refractivity contribution in [3.8, 4) is 0 Å². The fraction of sp³-hybridized carbons (Fsp3) is 0.353. The summed E-state index contributed by atoms with van der Waals surface area (Å²) in [5.41, 5.74) is 12.0. The van der Waals surface area contributed by atoms with E-state index in [1.165, 1.54) is 39.0 Å². The molecule has 0 spiro atoms. The molecule has 4 rings (SSSR count). The minimum absolute atomic E-state index is 0.359. The molecule has 4 atom stereocenters. The average Bonchev–Trinajstić information content (AvgIpc) is 3.12. The van der Waals surface area contributed by atoms with Crippen LogP contribution in [0.25, 0.3) is 11.6 Å². The molecular weight excluding hydrogens is 408 g/mol. The van der Waals surface area contributed by atoms with E-state index in [1.54, 1.807) is 5.57 Å². The first-order valence-electron chi connectivity index (χ1n) is 13.0. The summed E-state index contributed by atoms with van der Waals surface area (Å²) < 4.78 is 0. The van der Waals surface area contributed by atoms with Gasteiger partial charge in [0.2, 0.25) is 0 Å². The van der Waals surface area contributed by atoms with Crippen molar-refractivity contribution in [3.05, 3.63) is 119 Å². The van der Waals surface area contributed by atoms with E-state index in [9.17, 15) is 0 Å². The van der Waals surface area contributed by atoms with E-state index >= 15 is 0 Å². The number of hydrogen-bond donors (Lipinski definition) is 0. The molecule has 0 heterocycles. The lowest BCUT2D eigenvalue weighted by molar-refractivity contribution is 0.322. The highest BCUT2D eigenvalue weighted by Crippen LogP contribution is 2.56. The van der Waals surface area contributed by atoms with Gasteiger partial charge in [0.05, 0.1) is 0 Å². The first-order chi connectivity index (χ1) is 16.3. The highest BCUT2D eigenvalue weighted by molar-refractivity contribution is 5.69. The van der Waals surface area contributed by atoms with E-state index in [2.05, 4.69) is 102 Å². The van der Waals surface area contributed by atoms with Gasteiger partial charge in [-0.25, -0.2) is 0 Å². The van der Waals surface area contributed by atoms with E-state index < -0.39 is 0 Å². The zero-order valence-electron chi connectivity index (χ0n) is 21.5. The Morgan fingerprint density at radius 3 is 2.44 bits per heavy atom.